The summed E-state index contributed by atoms with van der Waals surface area (Å²) >= 11 is 0. The highest BCUT2D eigenvalue weighted by molar-refractivity contribution is 5.68. The number of nitrogens with zero attached hydrogens (tertiary/aromatic N) is 1. The van der Waals surface area contributed by atoms with Crippen LogP contribution >= 0.6 is 0 Å². The predicted octanol–water partition coefficient (Wildman–Crippen LogP) is 1.00. The first kappa shape index (κ1) is 13.3. The number of carbonyl (C=O) groups excluding carboxylic acids is 1. The van der Waals surface area contributed by atoms with E-state index >= 15 is 0 Å². The lowest BCUT2D eigenvalue weighted by Gasteiger charge is -2.29. The molecule has 1 N–H and O–H groups in total. The molecular formula is C11H21NO4. The maximum absolute atomic E-state index is 11.8. The summed E-state index contributed by atoms with van der Waals surface area (Å²) < 4.78 is 10.5. The highest BCUT2D eigenvalue weighted by Crippen LogP contribution is 2.15. The molecule has 0 aliphatic carbocycles. The zero-order valence-electron chi connectivity index (χ0n) is 10.4. The highest BCUT2D eigenvalue weighted by atomic mass is 16.6. The second-order valence-corrected chi connectivity index (χ2v) is 5.45. The quantitative estimate of drug-likeness (QED) is 0.676. The summed E-state index contributed by atoms with van der Waals surface area (Å²) in [5.41, 5.74) is -1.52. The average Bonchev–Trinajstić information content (AvgIpc) is 2.23. The van der Waals surface area contributed by atoms with Gasteiger partial charge in [0, 0.05) is 6.54 Å². The maximum atomic E-state index is 11.8. The minimum atomic E-state index is -1.01. The third-order valence-corrected chi connectivity index (χ3v) is 2.10. The van der Waals surface area contributed by atoms with Gasteiger partial charge in [-0.25, -0.2) is 4.79 Å². The van der Waals surface area contributed by atoms with Gasteiger partial charge in [-0.2, -0.15) is 0 Å². The van der Waals surface area contributed by atoms with Crippen LogP contribution in [0, 0.1) is 0 Å². The number of β-amino-alcohol motifs (C(OH)–C–C–N with tert-alkyl or cyclic N) is 1. The van der Waals surface area contributed by atoms with Gasteiger partial charge in [-0.1, -0.05) is 0 Å². The summed E-state index contributed by atoms with van der Waals surface area (Å²) in [7, 11) is 0. The molecule has 1 heterocycles. The number of carbonyl (C=O) groups is 1. The van der Waals surface area contributed by atoms with E-state index in [1.54, 1.807) is 6.92 Å². The largest absolute Gasteiger partial charge is 0.444 e. The van der Waals surface area contributed by atoms with Crippen LogP contribution in [0.4, 0.5) is 4.79 Å². The molecule has 0 aromatic carbocycles. The Morgan fingerprint density at radius 1 is 1.50 bits per heavy atom. The molecule has 0 aromatic rings. The third kappa shape index (κ3) is 4.37. The first-order valence-corrected chi connectivity index (χ1v) is 5.48. The number of rotatable bonds is 0. The van der Waals surface area contributed by atoms with Gasteiger partial charge in [-0.05, 0) is 27.7 Å². The van der Waals surface area contributed by atoms with Gasteiger partial charge in [0.25, 0.3) is 0 Å². The van der Waals surface area contributed by atoms with Crippen molar-refractivity contribution in [1.29, 1.82) is 0 Å². The SMILES string of the molecule is CC(C)(C)OC(=O)N1CCOC[C@](C)(O)C1. The fourth-order valence-electron chi connectivity index (χ4n) is 1.48. The second-order valence-electron chi connectivity index (χ2n) is 5.45. The maximum Gasteiger partial charge on any atom is 0.410 e. The Labute approximate surface area is 96.3 Å². The highest BCUT2D eigenvalue weighted by Gasteiger charge is 2.32. The standard InChI is InChI=1S/C11H21NO4/c1-10(2,3)16-9(13)12-5-6-15-8-11(4,14)7-12/h14H,5-8H2,1-4H3/t11-/m1/s1. The van der Waals surface area contributed by atoms with Crippen molar-refractivity contribution < 1.29 is 19.4 Å². The van der Waals surface area contributed by atoms with E-state index in [1.807, 2.05) is 20.8 Å². The Morgan fingerprint density at radius 3 is 2.69 bits per heavy atom. The Kier molecular flexibility index (Phi) is 3.80. The van der Waals surface area contributed by atoms with Crippen LogP contribution < -0.4 is 0 Å². The van der Waals surface area contributed by atoms with Gasteiger partial charge < -0.3 is 19.5 Å². The van der Waals surface area contributed by atoms with E-state index in [0.29, 0.717) is 13.2 Å². The van der Waals surface area contributed by atoms with Crippen LogP contribution in [0.25, 0.3) is 0 Å². The molecule has 1 rings (SSSR count). The molecule has 0 bridgehead atoms. The lowest BCUT2D eigenvalue weighted by atomic mass is 10.1. The summed E-state index contributed by atoms with van der Waals surface area (Å²) in [4.78, 5) is 13.3. The van der Waals surface area contributed by atoms with E-state index < -0.39 is 17.3 Å². The molecule has 1 fully saturated rings. The van der Waals surface area contributed by atoms with E-state index in [4.69, 9.17) is 9.47 Å². The summed E-state index contributed by atoms with van der Waals surface area (Å²) in [5, 5.41) is 9.90. The minimum absolute atomic E-state index is 0.238. The van der Waals surface area contributed by atoms with E-state index in [9.17, 15) is 9.90 Å². The van der Waals surface area contributed by atoms with Crippen molar-refractivity contribution in [3.63, 3.8) is 0 Å². The van der Waals surface area contributed by atoms with Gasteiger partial charge in [0.2, 0.25) is 0 Å². The molecule has 16 heavy (non-hydrogen) atoms. The molecule has 0 saturated carbocycles. The lowest BCUT2D eigenvalue weighted by Crippen LogP contribution is -2.46. The Bertz CT molecular complexity index is 257. The third-order valence-electron chi connectivity index (χ3n) is 2.10. The van der Waals surface area contributed by atoms with E-state index in [2.05, 4.69) is 0 Å². The summed E-state index contributed by atoms with van der Waals surface area (Å²) in [6, 6.07) is 0. The molecule has 1 amide bonds. The zero-order chi connectivity index (χ0) is 12.4. The van der Waals surface area contributed by atoms with Crippen LogP contribution in [0.1, 0.15) is 27.7 Å². The van der Waals surface area contributed by atoms with Gasteiger partial charge in [-0.3, -0.25) is 0 Å². The molecule has 0 aromatic heterocycles. The van der Waals surface area contributed by atoms with Gasteiger partial charge in [0.1, 0.15) is 11.2 Å². The predicted molar refractivity (Wildman–Crippen MR) is 59.2 cm³/mol. The van der Waals surface area contributed by atoms with Crippen LogP contribution in [-0.2, 0) is 9.47 Å². The van der Waals surface area contributed by atoms with Crippen molar-refractivity contribution in [3.8, 4) is 0 Å². The first-order chi connectivity index (χ1) is 7.20. The smallest absolute Gasteiger partial charge is 0.410 e. The minimum Gasteiger partial charge on any atom is -0.444 e. The molecule has 0 unspecified atom stereocenters. The summed E-state index contributed by atoms with van der Waals surface area (Å²) in [6.07, 6.45) is -0.404. The molecular weight excluding hydrogens is 210 g/mol. The Morgan fingerprint density at radius 2 is 2.12 bits per heavy atom. The van der Waals surface area contributed by atoms with E-state index in [1.165, 1.54) is 4.90 Å². The van der Waals surface area contributed by atoms with Crippen molar-refractivity contribution >= 4 is 6.09 Å². The number of aliphatic hydroxyl groups is 1. The fraction of sp³-hybridized carbons (Fsp3) is 0.909. The van der Waals surface area contributed by atoms with Crippen molar-refractivity contribution in [2.75, 3.05) is 26.3 Å². The summed E-state index contributed by atoms with van der Waals surface area (Å²) in [5.74, 6) is 0. The van der Waals surface area contributed by atoms with E-state index in [0.717, 1.165) is 0 Å². The Hall–Kier alpha value is -0.810. The molecule has 5 nitrogen and oxygen atoms in total. The van der Waals surface area contributed by atoms with Crippen LogP contribution in [0.5, 0.6) is 0 Å². The van der Waals surface area contributed by atoms with Crippen LogP contribution in [-0.4, -0.2) is 53.6 Å². The summed E-state index contributed by atoms with van der Waals surface area (Å²) in [6.45, 7) is 8.45. The normalized spacial score (nSPS) is 27.4. The van der Waals surface area contributed by atoms with Gasteiger partial charge in [0.15, 0.2) is 0 Å². The molecule has 1 aliphatic heterocycles. The number of hydrogen-bond donors (Lipinski definition) is 1. The second kappa shape index (κ2) is 4.59. The van der Waals surface area contributed by atoms with Gasteiger partial charge in [0.05, 0.1) is 19.8 Å². The average molecular weight is 231 g/mol. The monoisotopic (exact) mass is 231 g/mol. The topological polar surface area (TPSA) is 59.0 Å². The van der Waals surface area contributed by atoms with Crippen molar-refractivity contribution in [2.24, 2.45) is 0 Å². The van der Waals surface area contributed by atoms with Crippen molar-refractivity contribution in [1.82, 2.24) is 4.90 Å². The number of ether oxygens (including phenoxy) is 2. The first-order valence-electron chi connectivity index (χ1n) is 5.48. The van der Waals surface area contributed by atoms with Crippen LogP contribution in [0.3, 0.4) is 0 Å². The molecule has 94 valence electrons. The van der Waals surface area contributed by atoms with Gasteiger partial charge >= 0.3 is 6.09 Å². The molecule has 1 saturated heterocycles. The van der Waals surface area contributed by atoms with Crippen molar-refractivity contribution in [2.45, 2.75) is 38.9 Å². The molecule has 0 spiro atoms. The molecule has 0 radical (unpaired) electrons. The molecule has 1 atom stereocenters. The number of amides is 1. The fourth-order valence-corrected chi connectivity index (χ4v) is 1.48. The van der Waals surface area contributed by atoms with Crippen LogP contribution in [0.15, 0.2) is 0 Å². The van der Waals surface area contributed by atoms with E-state index in [-0.39, 0.29) is 13.2 Å². The molecule has 1 aliphatic rings. The zero-order valence-corrected chi connectivity index (χ0v) is 10.4. The van der Waals surface area contributed by atoms with Crippen molar-refractivity contribution in [3.05, 3.63) is 0 Å². The lowest BCUT2D eigenvalue weighted by molar-refractivity contribution is -0.0270. The van der Waals surface area contributed by atoms with Crippen LogP contribution in [0.2, 0.25) is 0 Å². The van der Waals surface area contributed by atoms with Gasteiger partial charge in [-0.15, -0.1) is 0 Å². The molecule has 5 heteroatoms. The Balaban J connectivity index is 2.61. The number of hydrogen-bond acceptors (Lipinski definition) is 4.